The Hall–Kier alpha value is -1.39. The van der Waals surface area contributed by atoms with E-state index in [1.165, 1.54) is 12.1 Å². The van der Waals surface area contributed by atoms with Crippen LogP contribution in [0, 0.1) is 12.7 Å². The third-order valence-electron chi connectivity index (χ3n) is 2.95. The summed E-state index contributed by atoms with van der Waals surface area (Å²) in [6.45, 7) is 2.65. The van der Waals surface area contributed by atoms with Crippen molar-refractivity contribution in [3.63, 3.8) is 0 Å². The van der Waals surface area contributed by atoms with E-state index >= 15 is 0 Å². The van der Waals surface area contributed by atoms with Gasteiger partial charge in [0.2, 0.25) is 0 Å². The van der Waals surface area contributed by atoms with Gasteiger partial charge in [-0.05, 0) is 52.2 Å². The fourth-order valence-electron chi connectivity index (χ4n) is 1.82. The highest BCUT2D eigenvalue weighted by molar-refractivity contribution is 9.10. The number of aryl methyl sites for hydroxylation is 1. The van der Waals surface area contributed by atoms with Crippen molar-refractivity contribution in [3.8, 4) is 5.75 Å². The molecule has 0 saturated heterocycles. The highest BCUT2D eigenvalue weighted by Crippen LogP contribution is 2.29. The summed E-state index contributed by atoms with van der Waals surface area (Å²) in [7, 11) is 0. The van der Waals surface area contributed by atoms with Crippen molar-refractivity contribution in [1.29, 1.82) is 0 Å². The van der Waals surface area contributed by atoms with E-state index in [-0.39, 0.29) is 5.82 Å². The third-order valence-corrected chi connectivity index (χ3v) is 3.58. The Morgan fingerprint density at radius 1 is 1.21 bits per heavy atom. The molecule has 2 rings (SSSR count). The van der Waals surface area contributed by atoms with Crippen molar-refractivity contribution < 1.29 is 9.13 Å². The largest absolute Gasteiger partial charge is 0.487 e. The number of rotatable bonds is 4. The van der Waals surface area contributed by atoms with Gasteiger partial charge in [-0.15, -0.1) is 0 Å². The minimum Gasteiger partial charge on any atom is -0.487 e. The topological polar surface area (TPSA) is 35.2 Å². The molecule has 100 valence electrons. The maximum absolute atomic E-state index is 13.2. The smallest absolute Gasteiger partial charge is 0.138 e. The van der Waals surface area contributed by atoms with E-state index in [1.54, 1.807) is 6.07 Å². The Labute approximate surface area is 120 Å². The van der Waals surface area contributed by atoms with Crippen LogP contribution in [-0.4, -0.2) is 0 Å². The first kappa shape index (κ1) is 14.0. The summed E-state index contributed by atoms with van der Waals surface area (Å²) in [4.78, 5) is 0. The Balaban J connectivity index is 2.21. The normalized spacial score (nSPS) is 10.5. The first-order chi connectivity index (χ1) is 9.11. The van der Waals surface area contributed by atoms with Crippen molar-refractivity contribution in [3.05, 3.63) is 63.4 Å². The van der Waals surface area contributed by atoms with Gasteiger partial charge in [0.1, 0.15) is 18.2 Å². The second kappa shape index (κ2) is 6.17. The van der Waals surface area contributed by atoms with Gasteiger partial charge in [-0.3, -0.25) is 0 Å². The molecule has 2 aromatic rings. The molecular formula is C15H15BrFNO. The zero-order valence-corrected chi connectivity index (χ0v) is 12.2. The zero-order valence-electron chi connectivity index (χ0n) is 10.6. The van der Waals surface area contributed by atoms with Crippen LogP contribution in [0.1, 0.15) is 16.7 Å². The lowest BCUT2D eigenvalue weighted by atomic mass is 10.1. The standard InChI is InChI=1S/C15H15BrFNO/c1-10-5-6-13(17)7-12(10)9-19-15-11(8-18)3-2-4-14(15)16/h2-7H,8-9,18H2,1H3. The van der Waals surface area contributed by atoms with Crippen LogP contribution in [0.5, 0.6) is 5.75 Å². The lowest BCUT2D eigenvalue weighted by Crippen LogP contribution is -2.04. The molecule has 0 unspecified atom stereocenters. The molecule has 0 aromatic heterocycles. The molecule has 0 aliphatic rings. The highest BCUT2D eigenvalue weighted by atomic mass is 79.9. The Kier molecular flexibility index (Phi) is 4.56. The van der Waals surface area contributed by atoms with E-state index in [4.69, 9.17) is 10.5 Å². The van der Waals surface area contributed by atoms with Gasteiger partial charge in [0.15, 0.2) is 0 Å². The van der Waals surface area contributed by atoms with Crippen LogP contribution in [0.3, 0.4) is 0 Å². The van der Waals surface area contributed by atoms with Gasteiger partial charge < -0.3 is 10.5 Å². The van der Waals surface area contributed by atoms with Gasteiger partial charge in [0.05, 0.1) is 4.47 Å². The number of para-hydroxylation sites is 1. The van der Waals surface area contributed by atoms with Crippen molar-refractivity contribution in [1.82, 2.24) is 0 Å². The van der Waals surface area contributed by atoms with E-state index < -0.39 is 0 Å². The SMILES string of the molecule is Cc1ccc(F)cc1COc1c(Br)cccc1CN. The minimum atomic E-state index is -0.254. The summed E-state index contributed by atoms with van der Waals surface area (Å²) in [5.41, 5.74) is 8.44. The second-order valence-corrected chi connectivity index (χ2v) is 5.15. The van der Waals surface area contributed by atoms with E-state index in [2.05, 4.69) is 15.9 Å². The Morgan fingerprint density at radius 3 is 2.74 bits per heavy atom. The molecule has 0 spiro atoms. The van der Waals surface area contributed by atoms with Crippen LogP contribution >= 0.6 is 15.9 Å². The van der Waals surface area contributed by atoms with Crippen LogP contribution in [-0.2, 0) is 13.2 Å². The summed E-state index contributed by atoms with van der Waals surface area (Å²) in [5.74, 6) is 0.462. The molecule has 0 radical (unpaired) electrons. The first-order valence-corrected chi connectivity index (χ1v) is 6.76. The van der Waals surface area contributed by atoms with Gasteiger partial charge in [-0.25, -0.2) is 4.39 Å². The quantitative estimate of drug-likeness (QED) is 0.925. The molecule has 0 saturated carbocycles. The lowest BCUT2D eigenvalue weighted by molar-refractivity contribution is 0.299. The van der Waals surface area contributed by atoms with Crippen molar-refractivity contribution in [2.75, 3.05) is 0 Å². The second-order valence-electron chi connectivity index (χ2n) is 4.29. The predicted octanol–water partition coefficient (Wildman–Crippen LogP) is 3.93. The fraction of sp³-hybridized carbons (Fsp3) is 0.200. The van der Waals surface area contributed by atoms with E-state index in [1.807, 2.05) is 25.1 Å². The monoisotopic (exact) mass is 323 g/mol. The lowest BCUT2D eigenvalue weighted by Gasteiger charge is -2.13. The maximum atomic E-state index is 13.2. The molecular weight excluding hydrogens is 309 g/mol. The molecule has 0 amide bonds. The third kappa shape index (κ3) is 3.33. The number of hydrogen-bond donors (Lipinski definition) is 1. The number of ether oxygens (including phenoxy) is 1. The van der Waals surface area contributed by atoms with Crippen LogP contribution < -0.4 is 10.5 Å². The van der Waals surface area contributed by atoms with E-state index in [0.717, 1.165) is 21.2 Å². The Morgan fingerprint density at radius 2 is 2.00 bits per heavy atom. The molecule has 0 fully saturated rings. The molecule has 0 heterocycles. The molecule has 4 heteroatoms. The molecule has 0 aliphatic heterocycles. The summed E-state index contributed by atoms with van der Waals surface area (Å²) in [6.07, 6.45) is 0. The van der Waals surface area contributed by atoms with Gasteiger partial charge in [0, 0.05) is 12.1 Å². The molecule has 2 aromatic carbocycles. The van der Waals surface area contributed by atoms with Gasteiger partial charge in [0.25, 0.3) is 0 Å². The average Bonchev–Trinajstić information content (AvgIpc) is 2.40. The zero-order chi connectivity index (χ0) is 13.8. The van der Waals surface area contributed by atoms with Gasteiger partial charge in [-0.1, -0.05) is 18.2 Å². The van der Waals surface area contributed by atoms with Crippen LogP contribution in [0.4, 0.5) is 4.39 Å². The van der Waals surface area contributed by atoms with E-state index in [9.17, 15) is 4.39 Å². The van der Waals surface area contributed by atoms with Crippen LogP contribution in [0.2, 0.25) is 0 Å². The molecule has 19 heavy (non-hydrogen) atoms. The van der Waals surface area contributed by atoms with Crippen LogP contribution in [0.15, 0.2) is 40.9 Å². The average molecular weight is 324 g/mol. The number of hydrogen-bond acceptors (Lipinski definition) is 2. The summed E-state index contributed by atoms with van der Waals surface area (Å²) < 4.78 is 19.9. The molecule has 2 N–H and O–H groups in total. The maximum Gasteiger partial charge on any atom is 0.138 e. The van der Waals surface area contributed by atoms with Gasteiger partial charge >= 0.3 is 0 Å². The number of halogens is 2. The fourth-order valence-corrected chi connectivity index (χ4v) is 2.34. The van der Waals surface area contributed by atoms with Crippen molar-refractivity contribution >= 4 is 15.9 Å². The minimum absolute atomic E-state index is 0.254. The Bertz CT molecular complexity index is 586. The van der Waals surface area contributed by atoms with Crippen molar-refractivity contribution in [2.24, 2.45) is 5.73 Å². The molecule has 0 atom stereocenters. The summed E-state index contributed by atoms with van der Waals surface area (Å²) in [5, 5.41) is 0. The molecule has 2 nitrogen and oxygen atoms in total. The number of nitrogens with two attached hydrogens (primary N) is 1. The molecule has 0 aliphatic carbocycles. The summed E-state index contributed by atoms with van der Waals surface area (Å²) >= 11 is 3.44. The highest BCUT2D eigenvalue weighted by Gasteiger charge is 2.08. The summed E-state index contributed by atoms with van der Waals surface area (Å²) in [6, 6.07) is 10.4. The number of benzene rings is 2. The first-order valence-electron chi connectivity index (χ1n) is 5.97. The predicted molar refractivity (Wildman–Crippen MR) is 77.5 cm³/mol. The van der Waals surface area contributed by atoms with Crippen molar-refractivity contribution in [2.45, 2.75) is 20.1 Å². The van der Waals surface area contributed by atoms with Gasteiger partial charge in [-0.2, -0.15) is 0 Å². The van der Waals surface area contributed by atoms with Crippen LogP contribution in [0.25, 0.3) is 0 Å². The molecule has 0 bridgehead atoms. The van der Waals surface area contributed by atoms with E-state index in [0.29, 0.717) is 18.9 Å².